The number of fused-ring (bicyclic) bond motifs is 1. The van der Waals surface area contributed by atoms with Crippen LogP contribution in [0, 0.1) is 0 Å². The second kappa shape index (κ2) is 4.19. The molecule has 0 aliphatic carbocycles. The van der Waals surface area contributed by atoms with Gasteiger partial charge in [0.2, 0.25) is 0 Å². The average Bonchev–Trinajstić information content (AvgIpc) is 2.20. The highest BCUT2D eigenvalue weighted by Gasteiger charge is 2.03. The van der Waals surface area contributed by atoms with E-state index >= 15 is 0 Å². The zero-order valence-electron chi connectivity index (χ0n) is 8.63. The third-order valence-electron chi connectivity index (χ3n) is 2.41. The maximum absolute atomic E-state index is 5.90. The van der Waals surface area contributed by atoms with Crippen molar-refractivity contribution in [1.29, 1.82) is 0 Å². The van der Waals surface area contributed by atoms with Crippen molar-refractivity contribution in [3.8, 4) is 0 Å². The molecule has 78 valence electrons. The number of benzene rings is 1. The molecule has 0 spiro atoms. The fourth-order valence-corrected chi connectivity index (χ4v) is 2.02. The van der Waals surface area contributed by atoms with Crippen molar-refractivity contribution < 1.29 is 0 Å². The SMILES string of the molecule is CCCc1cc2ccc(Br)cc2nc1N. The summed E-state index contributed by atoms with van der Waals surface area (Å²) >= 11 is 3.43. The second-order valence-electron chi connectivity index (χ2n) is 3.62. The van der Waals surface area contributed by atoms with Gasteiger partial charge in [-0.3, -0.25) is 0 Å². The number of hydrogen-bond acceptors (Lipinski definition) is 2. The minimum absolute atomic E-state index is 0.655. The van der Waals surface area contributed by atoms with Crippen LogP contribution in [0.2, 0.25) is 0 Å². The number of halogens is 1. The number of nitrogens with zero attached hydrogens (tertiary/aromatic N) is 1. The van der Waals surface area contributed by atoms with E-state index in [1.807, 2.05) is 12.1 Å². The van der Waals surface area contributed by atoms with Gasteiger partial charge in [0.05, 0.1) is 5.52 Å². The molecule has 1 aromatic heterocycles. The van der Waals surface area contributed by atoms with E-state index in [0.29, 0.717) is 5.82 Å². The molecule has 0 atom stereocenters. The van der Waals surface area contributed by atoms with E-state index in [1.165, 1.54) is 0 Å². The molecule has 1 aromatic carbocycles. The van der Waals surface area contributed by atoms with Crippen LogP contribution in [0.5, 0.6) is 0 Å². The molecule has 1 heterocycles. The molecule has 0 saturated heterocycles. The van der Waals surface area contributed by atoms with Crippen molar-refractivity contribution in [3.63, 3.8) is 0 Å². The van der Waals surface area contributed by atoms with Crippen LogP contribution < -0.4 is 5.73 Å². The average molecular weight is 265 g/mol. The summed E-state index contributed by atoms with van der Waals surface area (Å²) in [6, 6.07) is 8.20. The zero-order chi connectivity index (χ0) is 10.8. The number of pyridine rings is 1. The number of anilines is 1. The third kappa shape index (κ3) is 2.12. The first-order valence-electron chi connectivity index (χ1n) is 5.05. The molecular weight excluding hydrogens is 252 g/mol. The Kier molecular flexibility index (Phi) is 2.91. The fourth-order valence-electron chi connectivity index (χ4n) is 1.67. The van der Waals surface area contributed by atoms with Gasteiger partial charge in [0, 0.05) is 9.86 Å². The summed E-state index contributed by atoms with van der Waals surface area (Å²) in [7, 11) is 0. The van der Waals surface area contributed by atoms with Gasteiger partial charge in [-0.25, -0.2) is 4.98 Å². The highest BCUT2D eigenvalue weighted by atomic mass is 79.9. The summed E-state index contributed by atoms with van der Waals surface area (Å²) < 4.78 is 1.03. The van der Waals surface area contributed by atoms with E-state index in [0.717, 1.165) is 33.8 Å². The minimum Gasteiger partial charge on any atom is -0.383 e. The summed E-state index contributed by atoms with van der Waals surface area (Å²) in [4.78, 5) is 4.40. The largest absolute Gasteiger partial charge is 0.383 e. The Labute approximate surface area is 97.6 Å². The molecule has 0 unspecified atom stereocenters. The quantitative estimate of drug-likeness (QED) is 0.902. The minimum atomic E-state index is 0.655. The second-order valence-corrected chi connectivity index (χ2v) is 4.54. The molecule has 15 heavy (non-hydrogen) atoms. The van der Waals surface area contributed by atoms with Gasteiger partial charge < -0.3 is 5.73 Å². The molecule has 0 fully saturated rings. The topological polar surface area (TPSA) is 38.9 Å². The molecule has 2 aromatic rings. The maximum atomic E-state index is 5.90. The van der Waals surface area contributed by atoms with Crippen molar-refractivity contribution in [2.45, 2.75) is 19.8 Å². The molecule has 0 aliphatic rings. The lowest BCUT2D eigenvalue weighted by Gasteiger charge is -2.06. The maximum Gasteiger partial charge on any atom is 0.127 e. The molecule has 0 radical (unpaired) electrons. The molecule has 3 heteroatoms. The van der Waals surface area contributed by atoms with E-state index in [-0.39, 0.29) is 0 Å². The van der Waals surface area contributed by atoms with Crippen molar-refractivity contribution in [3.05, 3.63) is 34.3 Å². The van der Waals surface area contributed by atoms with E-state index in [4.69, 9.17) is 5.73 Å². The fraction of sp³-hybridized carbons (Fsp3) is 0.250. The first-order chi connectivity index (χ1) is 7.20. The summed E-state index contributed by atoms with van der Waals surface area (Å²) in [6.45, 7) is 2.14. The van der Waals surface area contributed by atoms with Crippen LogP contribution in [-0.4, -0.2) is 4.98 Å². The molecule has 2 nitrogen and oxygen atoms in total. The van der Waals surface area contributed by atoms with Gasteiger partial charge in [-0.15, -0.1) is 0 Å². The van der Waals surface area contributed by atoms with E-state index in [1.54, 1.807) is 0 Å². The van der Waals surface area contributed by atoms with Crippen LogP contribution in [-0.2, 0) is 6.42 Å². The molecule has 0 bridgehead atoms. The van der Waals surface area contributed by atoms with Gasteiger partial charge in [-0.2, -0.15) is 0 Å². The van der Waals surface area contributed by atoms with E-state index in [2.05, 4.69) is 40.0 Å². The Hall–Kier alpha value is -1.09. The lowest BCUT2D eigenvalue weighted by atomic mass is 10.1. The number of nitrogens with two attached hydrogens (primary N) is 1. The van der Waals surface area contributed by atoms with E-state index < -0.39 is 0 Å². The molecule has 2 N–H and O–H groups in total. The summed E-state index contributed by atoms with van der Waals surface area (Å²) in [6.07, 6.45) is 2.08. The molecule has 0 saturated carbocycles. The van der Waals surface area contributed by atoms with Crippen LogP contribution in [0.25, 0.3) is 10.9 Å². The molecule has 0 aliphatic heterocycles. The number of aryl methyl sites for hydroxylation is 1. The van der Waals surface area contributed by atoms with Crippen molar-refractivity contribution in [2.24, 2.45) is 0 Å². The Morgan fingerprint density at radius 3 is 2.87 bits per heavy atom. The van der Waals surface area contributed by atoms with Gasteiger partial charge in [0.25, 0.3) is 0 Å². The number of aromatic nitrogens is 1. The van der Waals surface area contributed by atoms with Crippen molar-refractivity contribution >= 4 is 32.7 Å². The highest BCUT2D eigenvalue weighted by molar-refractivity contribution is 9.10. The third-order valence-corrected chi connectivity index (χ3v) is 2.90. The normalized spacial score (nSPS) is 10.8. The van der Waals surface area contributed by atoms with Gasteiger partial charge in [0.15, 0.2) is 0 Å². The van der Waals surface area contributed by atoms with Gasteiger partial charge >= 0.3 is 0 Å². The van der Waals surface area contributed by atoms with Crippen LogP contribution in [0.1, 0.15) is 18.9 Å². The van der Waals surface area contributed by atoms with Gasteiger partial charge in [-0.1, -0.05) is 35.3 Å². The summed E-state index contributed by atoms with van der Waals surface area (Å²) in [5.74, 6) is 0.655. The Morgan fingerprint density at radius 2 is 2.13 bits per heavy atom. The first kappa shape index (κ1) is 10.4. The molecular formula is C12H13BrN2. The van der Waals surface area contributed by atoms with Crippen LogP contribution in [0.4, 0.5) is 5.82 Å². The Bertz CT molecular complexity index is 494. The Morgan fingerprint density at radius 1 is 1.33 bits per heavy atom. The van der Waals surface area contributed by atoms with Crippen LogP contribution in [0.3, 0.4) is 0 Å². The molecule has 2 rings (SSSR count). The smallest absolute Gasteiger partial charge is 0.127 e. The first-order valence-corrected chi connectivity index (χ1v) is 5.84. The molecule has 0 amide bonds. The Balaban J connectivity index is 2.60. The summed E-state index contributed by atoms with van der Waals surface area (Å²) in [5, 5.41) is 1.15. The number of nitrogen functional groups attached to an aromatic ring is 1. The predicted octanol–water partition coefficient (Wildman–Crippen LogP) is 3.53. The van der Waals surface area contributed by atoms with Gasteiger partial charge in [-0.05, 0) is 30.2 Å². The number of rotatable bonds is 2. The lowest BCUT2D eigenvalue weighted by molar-refractivity contribution is 0.921. The van der Waals surface area contributed by atoms with Crippen LogP contribution >= 0.6 is 15.9 Å². The standard InChI is InChI=1S/C12H13BrN2/c1-2-3-9-6-8-4-5-10(13)7-11(8)15-12(9)14/h4-7H,2-3H2,1H3,(H2,14,15). The van der Waals surface area contributed by atoms with Gasteiger partial charge in [0.1, 0.15) is 5.82 Å². The van der Waals surface area contributed by atoms with Crippen molar-refractivity contribution in [1.82, 2.24) is 4.98 Å². The summed E-state index contributed by atoms with van der Waals surface area (Å²) in [5.41, 5.74) is 7.99. The predicted molar refractivity (Wildman–Crippen MR) is 67.9 cm³/mol. The highest BCUT2D eigenvalue weighted by Crippen LogP contribution is 2.22. The zero-order valence-corrected chi connectivity index (χ0v) is 10.2. The van der Waals surface area contributed by atoms with Crippen LogP contribution in [0.15, 0.2) is 28.7 Å². The lowest BCUT2D eigenvalue weighted by Crippen LogP contribution is -1.98. The monoisotopic (exact) mass is 264 g/mol. The number of hydrogen-bond donors (Lipinski definition) is 1. The van der Waals surface area contributed by atoms with E-state index in [9.17, 15) is 0 Å². The van der Waals surface area contributed by atoms with Crippen molar-refractivity contribution in [2.75, 3.05) is 5.73 Å².